The van der Waals surface area contributed by atoms with Crippen LogP contribution in [0.5, 0.6) is 0 Å². The van der Waals surface area contributed by atoms with Crippen molar-refractivity contribution in [2.45, 2.75) is 19.4 Å². The largest absolute Gasteiger partial charge is 0.480 e. The van der Waals surface area contributed by atoms with E-state index in [4.69, 9.17) is 15.6 Å². The van der Waals surface area contributed by atoms with Gasteiger partial charge < -0.3 is 20.9 Å². The summed E-state index contributed by atoms with van der Waals surface area (Å²) >= 11 is 0. The smallest absolute Gasteiger partial charge is 0.320 e. The molecule has 4 N–H and O–H groups in total. The van der Waals surface area contributed by atoms with E-state index in [1.54, 1.807) is 0 Å². The van der Waals surface area contributed by atoms with Crippen molar-refractivity contribution in [3.05, 3.63) is 0 Å². The van der Waals surface area contributed by atoms with E-state index in [0.717, 1.165) is 0 Å². The van der Waals surface area contributed by atoms with Gasteiger partial charge in [0.2, 0.25) is 5.91 Å². The Balaban J connectivity index is 3.26. The van der Waals surface area contributed by atoms with E-state index in [1.165, 1.54) is 6.92 Å². The lowest BCUT2D eigenvalue weighted by Gasteiger charge is -2.07. The lowest BCUT2D eigenvalue weighted by molar-refractivity contribution is -0.139. The average Bonchev–Trinajstić information content (AvgIpc) is 2.02. The van der Waals surface area contributed by atoms with Crippen LogP contribution >= 0.6 is 0 Å². The molecule has 76 valence electrons. The maximum absolute atomic E-state index is 10.3. The molecule has 6 nitrogen and oxygen atoms in total. The van der Waals surface area contributed by atoms with Gasteiger partial charge >= 0.3 is 5.97 Å². The van der Waals surface area contributed by atoms with Crippen LogP contribution in [0, 0.1) is 0 Å². The molecule has 0 aromatic rings. The van der Waals surface area contributed by atoms with E-state index in [2.05, 4.69) is 5.32 Å². The predicted octanol–water partition coefficient (Wildman–Crippen LogP) is -1.10. The highest BCUT2D eigenvalue weighted by atomic mass is 16.5. The van der Waals surface area contributed by atoms with Gasteiger partial charge in [-0.25, -0.2) is 0 Å². The highest BCUT2D eigenvalue weighted by molar-refractivity contribution is 5.73. The number of carboxylic acid groups (broad SMARTS) is 1. The van der Waals surface area contributed by atoms with E-state index in [9.17, 15) is 9.59 Å². The number of aliphatic carboxylic acids is 1. The molecule has 0 radical (unpaired) electrons. The van der Waals surface area contributed by atoms with Crippen molar-refractivity contribution < 1.29 is 19.4 Å². The van der Waals surface area contributed by atoms with E-state index in [1.807, 2.05) is 0 Å². The highest BCUT2D eigenvalue weighted by Gasteiger charge is 2.09. The van der Waals surface area contributed by atoms with Crippen LogP contribution in [0.1, 0.15) is 13.3 Å². The quantitative estimate of drug-likeness (QED) is 0.364. The lowest BCUT2D eigenvalue weighted by atomic mass is 10.2. The monoisotopic (exact) mass is 190 g/mol. The maximum atomic E-state index is 10.3. The normalized spacial score (nSPS) is 12.2. The van der Waals surface area contributed by atoms with Crippen LogP contribution < -0.4 is 11.1 Å². The van der Waals surface area contributed by atoms with Crippen molar-refractivity contribution in [1.29, 1.82) is 0 Å². The van der Waals surface area contributed by atoms with Gasteiger partial charge in [0.15, 0.2) is 0 Å². The molecule has 6 heteroatoms. The van der Waals surface area contributed by atoms with Crippen molar-refractivity contribution in [2.24, 2.45) is 5.73 Å². The molecule has 0 aromatic carbocycles. The van der Waals surface area contributed by atoms with Crippen LogP contribution in [0.15, 0.2) is 0 Å². The fraction of sp³-hybridized carbons (Fsp3) is 0.714. The van der Waals surface area contributed by atoms with Gasteiger partial charge in [0, 0.05) is 6.92 Å². The Labute approximate surface area is 76.0 Å². The minimum atomic E-state index is -1.05. The number of hydrogen-bond donors (Lipinski definition) is 3. The molecule has 1 amide bonds. The summed E-state index contributed by atoms with van der Waals surface area (Å²) in [6.07, 6.45) is 0.231. The topological polar surface area (TPSA) is 102 Å². The molecule has 0 saturated heterocycles. The third-order valence-corrected chi connectivity index (χ3v) is 1.31. The SMILES string of the molecule is CC(=O)NCOCCC(N)C(=O)O. The summed E-state index contributed by atoms with van der Waals surface area (Å²) in [5.74, 6) is -1.24. The number of nitrogens with two attached hydrogens (primary N) is 1. The molecule has 0 rings (SSSR count). The Morgan fingerprint density at radius 1 is 1.62 bits per heavy atom. The zero-order chi connectivity index (χ0) is 10.3. The molecule has 1 atom stereocenters. The molecule has 0 aromatic heterocycles. The van der Waals surface area contributed by atoms with E-state index < -0.39 is 12.0 Å². The zero-order valence-electron chi connectivity index (χ0n) is 7.45. The van der Waals surface area contributed by atoms with Crippen LogP contribution in [0.3, 0.4) is 0 Å². The van der Waals surface area contributed by atoms with Gasteiger partial charge in [-0.1, -0.05) is 0 Å². The minimum absolute atomic E-state index is 0.0850. The number of hydrogen-bond acceptors (Lipinski definition) is 4. The minimum Gasteiger partial charge on any atom is -0.480 e. The molecular formula is C7H14N2O4. The summed E-state index contributed by atoms with van der Waals surface area (Å²) in [6, 6.07) is -0.905. The number of carboxylic acids is 1. The van der Waals surface area contributed by atoms with Crippen LogP contribution in [0.2, 0.25) is 0 Å². The first-order valence-corrected chi connectivity index (χ1v) is 3.84. The fourth-order valence-corrected chi connectivity index (χ4v) is 0.559. The second-order valence-electron chi connectivity index (χ2n) is 2.52. The summed E-state index contributed by atoms with van der Waals surface area (Å²) in [4.78, 5) is 20.6. The number of amides is 1. The number of carbonyl (C=O) groups excluding carboxylic acids is 1. The lowest BCUT2D eigenvalue weighted by Crippen LogP contribution is -2.32. The second-order valence-corrected chi connectivity index (χ2v) is 2.52. The van der Waals surface area contributed by atoms with Crippen LogP contribution in [-0.2, 0) is 14.3 Å². The van der Waals surface area contributed by atoms with Gasteiger partial charge in [-0.3, -0.25) is 9.59 Å². The second kappa shape index (κ2) is 6.38. The van der Waals surface area contributed by atoms with Crippen molar-refractivity contribution in [1.82, 2.24) is 5.32 Å². The van der Waals surface area contributed by atoms with E-state index in [-0.39, 0.29) is 25.7 Å². The Morgan fingerprint density at radius 3 is 2.69 bits per heavy atom. The van der Waals surface area contributed by atoms with E-state index >= 15 is 0 Å². The summed E-state index contributed by atoms with van der Waals surface area (Å²) in [7, 11) is 0. The molecular weight excluding hydrogens is 176 g/mol. The summed E-state index contributed by atoms with van der Waals surface area (Å²) in [5, 5.41) is 10.8. The Kier molecular flexibility index (Phi) is 5.82. The molecule has 0 saturated carbocycles. The molecule has 0 fully saturated rings. The zero-order valence-corrected chi connectivity index (χ0v) is 7.45. The third kappa shape index (κ3) is 7.23. The van der Waals surface area contributed by atoms with Crippen LogP contribution in [-0.4, -0.2) is 36.4 Å². The Hall–Kier alpha value is -1.14. The number of ether oxygens (including phenoxy) is 1. The maximum Gasteiger partial charge on any atom is 0.320 e. The van der Waals surface area contributed by atoms with Crippen molar-refractivity contribution in [3.8, 4) is 0 Å². The number of carbonyl (C=O) groups is 2. The van der Waals surface area contributed by atoms with Crippen molar-refractivity contribution in [3.63, 3.8) is 0 Å². The van der Waals surface area contributed by atoms with Crippen LogP contribution in [0.4, 0.5) is 0 Å². The first-order chi connectivity index (χ1) is 6.04. The third-order valence-electron chi connectivity index (χ3n) is 1.31. The molecule has 1 unspecified atom stereocenters. The average molecular weight is 190 g/mol. The fourth-order valence-electron chi connectivity index (χ4n) is 0.559. The molecule has 0 spiro atoms. The Morgan fingerprint density at radius 2 is 2.23 bits per heavy atom. The Bertz CT molecular complexity index is 183. The molecule has 0 bridgehead atoms. The molecule has 0 aliphatic rings. The van der Waals surface area contributed by atoms with Gasteiger partial charge in [0.25, 0.3) is 0 Å². The molecule has 0 aliphatic heterocycles. The van der Waals surface area contributed by atoms with Gasteiger partial charge in [0.05, 0.1) is 6.61 Å². The first kappa shape index (κ1) is 11.9. The molecule has 0 heterocycles. The predicted molar refractivity (Wildman–Crippen MR) is 44.9 cm³/mol. The highest BCUT2D eigenvalue weighted by Crippen LogP contribution is 1.88. The van der Waals surface area contributed by atoms with Crippen molar-refractivity contribution >= 4 is 11.9 Å². The van der Waals surface area contributed by atoms with Gasteiger partial charge in [-0.2, -0.15) is 0 Å². The van der Waals surface area contributed by atoms with Crippen LogP contribution in [0.25, 0.3) is 0 Å². The first-order valence-electron chi connectivity index (χ1n) is 3.84. The number of rotatable bonds is 6. The summed E-state index contributed by atoms with van der Waals surface area (Å²) < 4.78 is 4.89. The standard InChI is InChI=1S/C7H14N2O4/c1-5(10)9-4-13-3-2-6(8)7(11)12/h6H,2-4,8H2,1H3,(H,9,10)(H,11,12). The van der Waals surface area contributed by atoms with Gasteiger partial charge in [-0.15, -0.1) is 0 Å². The van der Waals surface area contributed by atoms with Crippen molar-refractivity contribution in [2.75, 3.05) is 13.3 Å². The molecule has 0 aliphatic carbocycles. The molecule has 13 heavy (non-hydrogen) atoms. The van der Waals surface area contributed by atoms with E-state index in [0.29, 0.717) is 0 Å². The summed E-state index contributed by atoms with van der Waals surface area (Å²) in [5.41, 5.74) is 5.19. The number of nitrogens with one attached hydrogen (secondary N) is 1. The summed E-state index contributed by atoms with van der Waals surface area (Å²) in [6.45, 7) is 1.67. The van der Waals surface area contributed by atoms with Gasteiger partial charge in [-0.05, 0) is 6.42 Å². The van der Waals surface area contributed by atoms with Gasteiger partial charge in [0.1, 0.15) is 12.8 Å².